The van der Waals surface area contributed by atoms with Crippen molar-refractivity contribution >= 4 is 11.5 Å². The summed E-state index contributed by atoms with van der Waals surface area (Å²) in [6.07, 6.45) is 8.76. The van der Waals surface area contributed by atoms with Gasteiger partial charge < -0.3 is 10.7 Å². The molecule has 0 fully saturated rings. The van der Waals surface area contributed by atoms with Gasteiger partial charge in [-0.2, -0.15) is 0 Å². The number of allylic oxidation sites excluding steroid dienone is 3. The maximum atomic E-state index is 11.9. The lowest BCUT2D eigenvalue weighted by atomic mass is 9.67. The van der Waals surface area contributed by atoms with Gasteiger partial charge >= 0.3 is 0 Å². The third-order valence-corrected chi connectivity index (χ3v) is 3.90. The van der Waals surface area contributed by atoms with Gasteiger partial charge in [-0.1, -0.05) is 24.3 Å². The molecule has 0 saturated heterocycles. The third kappa shape index (κ3) is 2.05. The van der Waals surface area contributed by atoms with Crippen molar-refractivity contribution in [2.75, 3.05) is 0 Å². The monoisotopic (exact) mass is 281 g/mol. The molecule has 2 unspecified atom stereocenters. The molecule has 0 radical (unpaired) electrons. The number of aromatic nitrogens is 4. The van der Waals surface area contributed by atoms with Crippen LogP contribution < -0.4 is 5.73 Å². The molecule has 0 aliphatic heterocycles. The van der Waals surface area contributed by atoms with Crippen molar-refractivity contribution in [1.82, 2.24) is 20.2 Å². The minimum atomic E-state index is -0.731. The smallest absolute Gasteiger partial charge is 0.225 e. The van der Waals surface area contributed by atoms with E-state index in [1.807, 2.05) is 37.3 Å². The van der Waals surface area contributed by atoms with Gasteiger partial charge in [0.2, 0.25) is 5.91 Å². The van der Waals surface area contributed by atoms with E-state index >= 15 is 0 Å². The second-order valence-electron chi connectivity index (χ2n) is 5.10. The predicted molar refractivity (Wildman–Crippen MR) is 77.8 cm³/mol. The van der Waals surface area contributed by atoms with Crippen LogP contribution in [0.4, 0.5) is 0 Å². The third-order valence-electron chi connectivity index (χ3n) is 3.90. The number of hydrogen-bond donors (Lipinski definition) is 2. The zero-order chi connectivity index (χ0) is 14.9. The number of primary amides is 1. The summed E-state index contributed by atoms with van der Waals surface area (Å²) in [7, 11) is 0. The van der Waals surface area contributed by atoms with Gasteiger partial charge in [0.15, 0.2) is 0 Å². The number of nitrogens with zero attached hydrogens (tertiary/aromatic N) is 3. The Morgan fingerprint density at radius 1 is 1.43 bits per heavy atom. The number of aromatic amines is 1. The summed E-state index contributed by atoms with van der Waals surface area (Å²) < 4.78 is 0. The summed E-state index contributed by atoms with van der Waals surface area (Å²) in [5.74, 6) is -0.341. The lowest BCUT2D eigenvalue weighted by molar-refractivity contribution is -0.121. The summed E-state index contributed by atoms with van der Waals surface area (Å²) in [5, 5.41) is 7.94. The van der Waals surface area contributed by atoms with Crippen molar-refractivity contribution in [3.8, 4) is 0 Å². The topological polar surface area (TPSA) is 97.6 Å². The van der Waals surface area contributed by atoms with E-state index in [2.05, 4.69) is 20.2 Å². The van der Waals surface area contributed by atoms with Crippen LogP contribution in [0.5, 0.6) is 0 Å². The number of nitrogens with two attached hydrogens (primary N) is 1. The molecule has 3 rings (SSSR count). The largest absolute Gasteiger partial charge is 0.369 e. The maximum Gasteiger partial charge on any atom is 0.225 e. The number of H-pyrrole nitrogens is 1. The van der Waals surface area contributed by atoms with E-state index in [-0.39, 0.29) is 0 Å². The van der Waals surface area contributed by atoms with Gasteiger partial charge in [0.25, 0.3) is 0 Å². The zero-order valence-corrected chi connectivity index (χ0v) is 11.5. The normalized spacial score (nSPS) is 24.6. The Morgan fingerprint density at radius 2 is 2.29 bits per heavy atom. The van der Waals surface area contributed by atoms with Crippen LogP contribution in [0.25, 0.3) is 5.57 Å². The fourth-order valence-corrected chi connectivity index (χ4v) is 2.78. The van der Waals surface area contributed by atoms with Crippen molar-refractivity contribution in [1.29, 1.82) is 0 Å². The Kier molecular flexibility index (Phi) is 3.13. The molecule has 0 spiro atoms. The van der Waals surface area contributed by atoms with Gasteiger partial charge in [-0.05, 0) is 24.6 Å². The highest BCUT2D eigenvalue weighted by molar-refractivity contribution is 5.88. The molecule has 21 heavy (non-hydrogen) atoms. The first-order chi connectivity index (χ1) is 10.1. The van der Waals surface area contributed by atoms with Crippen LogP contribution in [0, 0.1) is 5.92 Å². The molecule has 0 bridgehead atoms. The minimum Gasteiger partial charge on any atom is -0.369 e. The van der Waals surface area contributed by atoms with Gasteiger partial charge in [-0.15, -0.1) is 10.2 Å². The molecule has 3 N–H and O–H groups in total. The average molecular weight is 281 g/mol. The number of carbonyl (C=O) groups excluding carboxylic acids is 1. The molecule has 0 aromatic carbocycles. The van der Waals surface area contributed by atoms with Crippen molar-refractivity contribution in [2.24, 2.45) is 11.7 Å². The molecule has 2 aromatic rings. The number of nitrogens with one attached hydrogen (secondary N) is 1. The molecule has 0 saturated carbocycles. The Morgan fingerprint density at radius 3 is 2.90 bits per heavy atom. The van der Waals surface area contributed by atoms with Gasteiger partial charge in [-0.25, -0.2) is 0 Å². The Hall–Kier alpha value is -2.76. The molecule has 2 aromatic heterocycles. The summed E-state index contributed by atoms with van der Waals surface area (Å²) in [6.45, 7) is 1.92. The lowest BCUT2D eigenvalue weighted by Crippen LogP contribution is -2.42. The van der Waals surface area contributed by atoms with Crippen LogP contribution in [-0.2, 0) is 10.2 Å². The first-order valence-electron chi connectivity index (χ1n) is 6.60. The molecule has 1 aliphatic rings. The van der Waals surface area contributed by atoms with Crippen LogP contribution in [-0.4, -0.2) is 26.1 Å². The Balaban J connectivity index is 2.20. The van der Waals surface area contributed by atoms with Crippen molar-refractivity contribution in [3.05, 3.63) is 60.5 Å². The second kappa shape index (κ2) is 4.97. The molecular weight excluding hydrogens is 266 g/mol. The highest BCUT2D eigenvalue weighted by Gasteiger charge is 2.45. The SMILES string of the molecule is CC1(c2nnc[nH]2)C(c2ccccn2)=CC=CC1C(N)=O. The standard InChI is InChI=1S/C15H15N5O/c1-15(14-18-9-19-20-14)10(12-7-2-3-8-17-12)5-4-6-11(15)13(16)21/h2-9,11H,1H3,(H2,16,21)(H,18,19,20). The van der Waals surface area contributed by atoms with Crippen LogP contribution >= 0.6 is 0 Å². The van der Waals surface area contributed by atoms with E-state index in [9.17, 15) is 4.79 Å². The second-order valence-corrected chi connectivity index (χ2v) is 5.10. The van der Waals surface area contributed by atoms with Crippen molar-refractivity contribution < 1.29 is 4.79 Å². The summed E-state index contributed by atoms with van der Waals surface area (Å²) in [4.78, 5) is 19.3. The first-order valence-corrected chi connectivity index (χ1v) is 6.60. The summed E-state index contributed by atoms with van der Waals surface area (Å²) >= 11 is 0. The quantitative estimate of drug-likeness (QED) is 0.883. The number of rotatable bonds is 3. The number of amides is 1. The Bertz CT molecular complexity index is 705. The van der Waals surface area contributed by atoms with Crippen LogP contribution in [0.15, 0.2) is 49.0 Å². The van der Waals surface area contributed by atoms with Crippen LogP contribution in [0.2, 0.25) is 0 Å². The predicted octanol–water partition coefficient (Wildman–Crippen LogP) is 1.21. The molecule has 6 heteroatoms. The van der Waals surface area contributed by atoms with Gasteiger partial charge in [0.05, 0.1) is 17.0 Å². The van der Waals surface area contributed by atoms with Crippen molar-refractivity contribution in [3.63, 3.8) is 0 Å². The minimum absolute atomic E-state index is 0.410. The fraction of sp³-hybridized carbons (Fsp3) is 0.200. The van der Waals surface area contributed by atoms with Crippen LogP contribution in [0.3, 0.4) is 0 Å². The zero-order valence-electron chi connectivity index (χ0n) is 11.5. The van der Waals surface area contributed by atoms with Crippen molar-refractivity contribution in [2.45, 2.75) is 12.3 Å². The number of carbonyl (C=O) groups is 1. The van der Waals surface area contributed by atoms with E-state index in [1.165, 1.54) is 6.33 Å². The lowest BCUT2D eigenvalue weighted by Gasteiger charge is -2.36. The van der Waals surface area contributed by atoms with Gasteiger partial charge in [0, 0.05) is 6.20 Å². The molecule has 6 nitrogen and oxygen atoms in total. The molecule has 1 amide bonds. The average Bonchev–Trinajstić information content (AvgIpc) is 3.03. The fourth-order valence-electron chi connectivity index (χ4n) is 2.78. The van der Waals surface area contributed by atoms with E-state index in [4.69, 9.17) is 5.73 Å². The molecule has 106 valence electrons. The molecule has 2 atom stereocenters. The van der Waals surface area contributed by atoms with E-state index < -0.39 is 17.2 Å². The first kappa shape index (κ1) is 13.2. The van der Waals surface area contributed by atoms with Gasteiger partial charge in [0.1, 0.15) is 12.2 Å². The highest BCUT2D eigenvalue weighted by atomic mass is 16.1. The van der Waals surface area contributed by atoms with Gasteiger partial charge in [-0.3, -0.25) is 9.78 Å². The Labute approximate surface area is 121 Å². The van der Waals surface area contributed by atoms with E-state index in [0.29, 0.717) is 5.82 Å². The van der Waals surface area contributed by atoms with E-state index in [1.54, 1.807) is 12.3 Å². The number of hydrogen-bond acceptors (Lipinski definition) is 4. The molecular formula is C15H15N5O. The summed E-state index contributed by atoms with van der Waals surface area (Å²) in [5.41, 5.74) is 6.52. The summed E-state index contributed by atoms with van der Waals surface area (Å²) in [6, 6.07) is 5.65. The highest BCUT2D eigenvalue weighted by Crippen LogP contribution is 2.44. The van der Waals surface area contributed by atoms with Crippen LogP contribution in [0.1, 0.15) is 18.4 Å². The van der Waals surface area contributed by atoms with E-state index in [0.717, 1.165) is 11.3 Å². The molecule has 2 heterocycles. The maximum absolute atomic E-state index is 11.9. The number of pyridine rings is 1. The molecule has 1 aliphatic carbocycles.